The summed E-state index contributed by atoms with van der Waals surface area (Å²) in [7, 11) is 0. The van der Waals surface area contributed by atoms with Gasteiger partial charge in [0.05, 0.1) is 6.21 Å². The van der Waals surface area contributed by atoms with Crippen LogP contribution in [0.25, 0.3) is 0 Å². The molecule has 3 aromatic carbocycles. The van der Waals surface area contributed by atoms with Crippen LogP contribution in [-0.2, 0) is 11.4 Å². The molecule has 0 spiro atoms. The van der Waals surface area contributed by atoms with E-state index in [-0.39, 0.29) is 0 Å². The van der Waals surface area contributed by atoms with Crippen molar-refractivity contribution in [1.82, 2.24) is 5.43 Å². The predicted octanol–water partition coefficient (Wildman–Crippen LogP) is 4.10. The fourth-order valence-corrected chi connectivity index (χ4v) is 2.54. The van der Waals surface area contributed by atoms with Gasteiger partial charge >= 0.3 is 0 Å². The first-order chi connectivity index (χ1) is 13.6. The molecule has 0 aliphatic heterocycles. The third-order valence-corrected chi connectivity index (χ3v) is 4.20. The maximum absolute atomic E-state index is 11.9. The first-order valence-corrected chi connectivity index (χ1v) is 9.03. The Morgan fingerprint density at radius 2 is 1.71 bits per heavy atom. The van der Waals surface area contributed by atoms with E-state index in [1.54, 1.807) is 24.3 Å². The zero-order valence-electron chi connectivity index (χ0n) is 15.0. The fourth-order valence-electron chi connectivity index (χ4n) is 2.42. The number of hydrogen-bond acceptors (Lipinski definition) is 4. The summed E-state index contributed by atoms with van der Waals surface area (Å²) in [5.41, 5.74) is 4.65. The van der Waals surface area contributed by atoms with Crippen molar-refractivity contribution in [2.75, 3.05) is 0 Å². The van der Waals surface area contributed by atoms with E-state index >= 15 is 0 Å². The molecular weight excluding hydrogens is 376 g/mol. The second-order valence-corrected chi connectivity index (χ2v) is 6.47. The first kappa shape index (κ1) is 19.6. The van der Waals surface area contributed by atoms with Crippen LogP contribution in [0.5, 0.6) is 5.75 Å². The number of carbonyl (C=O) groups excluding carboxylic acids is 1. The van der Waals surface area contributed by atoms with Crippen molar-refractivity contribution in [3.8, 4) is 5.75 Å². The molecule has 3 aromatic rings. The molecule has 0 unspecified atom stereocenters. The molecule has 0 saturated carbocycles. The Hall–Kier alpha value is -3.15. The number of hydrazone groups is 1. The van der Waals surface area contributed by atoms with Gasteiger partial charge < -0.3 is 9.84 Å². The normalized spacial score (nSPS) is 11.9. The maximum atomic E-state index is 11.9. The highest BCUT2D eigenvalue weighted by Crippen LogP contribution is 2.15. The van der Waals surface area contributed by atoms with E-state index in [0.717, 1.165) is 16.9 Å². The number of rotatable bonds is 7. The smallest absolute Gasteiger partial charge is 0.273 e. The van der Waals surface area contributed by atoms with Gasteiger partial charge in [0.2, 0.25) is 0 Å². The Kier molecular flexibility index (Phi) is 6.78. The van der Waals surface area contributed by atoms with Crippen LogP contribution in [0.15, 0.2) is 84.0 Å². The molecule has 1 atom stereocenters. The van der Waals surface area contributed by atoms with Crippen molar-refractivity contribution in [3.63, 3.8) is 0 Å². The molecular formula is C22H19ClN2O3. The third kappa shape index (κ3) is 5.67. The number of hydrogen-bond donors (Lipinski definition) is 2. The van der Waals surface area contributed by atoms with Gasteiger partial charge in [-0.25, -0.2) is 5.43 Å². The molecule has 0 heterocycles. The van der Waals surface area contributed by atoms with Gasteiger partial charge in [0, 0.05) is 5.02 Å². The summed E-state index contributed by atoms with van der Waals surface area (Å²) in [6, 6.07) is 23.4. The monoisotopic (exact) mass is 394 g/mol. The van der Waals surface area contributed by atoms with E-state index in [1.165, 1.54) is 6.21 Å². The third-order valence-electron chi connectivity index (χ3n) is 3.95. The van der Waals surface area contributed by atoms with Crippen molar-refractivity contribution in [3.05, 3.63) is 101 Å². The second kappa shape index (κ2) is 9.69. The second-order valence-electron chi connectivity index (χ2n) is 6.03. The minimum absolute atomic E-state index is 0.442. The molecule has 1 amide bonds. The highest BCUT2D eigenvalue weighted by Gasteiger charge is 2.15. The SMILES string of the molecule is O=C(N/N=C\c1ccc(OCc2ccc(Cl)cc2)cc1)[C@@H](O)c1ccccc1. The summed E-state index contributed by atoms with van der Waals surface area (Å²) in [5.74, 6) is 0.126. The average molecular weight is 395 g/mol. The van der Waals surface area contributed by atoms with Crippen LogP contribution < -0.4 is 10.2 Å². The summed E-state index contributed by atoms with van der Waals surface area (Å²) >= 11 is 5.86. The van der Waals surface area contributed by atoms with Crippen LogP contribution in [0.2, 0.25) is 5.02 Å². The lowest BCUT2D eigenvalue weighted by atomic mass is 10.1. The van der Waals surface area contributed by atoms with Gasteiger partial charge in [-0.3, -0.25) is 4.79 Å². The van der Waals surface area contributed by atoms with E-state index in [1.807, 2.05) is 54.6 Å². The summed E-state index contributed by atoms with van der Waals surface area (Å²) in [4.78, 5) is 11.9. The number of carbonyl (C=O) groups is 1. The maximum Gasteiger partial charge on any atom is 0.273 e. The van der Waals surface area contributed by atoms with Gasteiger partial charge in [-0.15, -0.1) is 0 Å². The van der Waals surface area contributed by atoms with Gasteiger partial charge in [0.15, 0.2) is 6.10 Å². The number of nitrogens with zero attached hydrogens (tertiary/aromatic N) is 1. The van der Waals surface area contributed by atoms with Gasteiger partial charge in [-0.1, -0.05) is 54.1 Å². The largest absolute Gasteiger partial charge is 0.489 e. The van der Waals surface area contributed by atoms with Crippen LogP contribution in [0, 0.1) is 0 Å². The van der Waals surface area contributed by atoms with Crippen molar-refractivity contribution in [2.24, 2.45) is 5.10 Å². The molecule has 5 nitrogen and oxygen atoms in total. The standard InChI is InChI=1S/C22H19ClN2O3/c23-19-10-6-17(7-11-19)15-28-20-12-8-16(9-13-20)14-24-25-22(27)21(26)18-4-2-1-3-5-18/h1-14,21,26H,15H2,(H,25,27)/b24-14-/t21-/m0/s1. The number of amides is 1. The number of benzene rings is 3. The topological polar surface area (TPSA) is 70.9 Å². The van der Waals surface area contributed by atoms with Crippen LogP contribution in [-0.4, -0.2) is 17.2 Å². The Morgan fingerprint density at radius 3 is 2.39 bits per heavy atom. The zero-order valence-corrected chi connectivity index (χ0v) is 15.7. The summed E-state index contributed by atoms with van der Waals surface area (Å²) in [6.45, 7) is 0.442. The molecule has 6 heteroatoms. The Bertz CT molecular complexity index is 926. The lowest BCUT2D eigenvalue weighted by Gasteiger charge is -2.08. The van der Waals surface area contributed by atoms with Gasteiger partial charge in [0.1, 0.15) is 12.4 Å². The molecule has 0 fully saturated rings. The minimum atomic E-state index is -1.26. The van der Waals surface area contributed by atoms with E-state index in [0.29, 0.717) is 17.2 Å². The summed E-state index contributed by atoms with van der Waals surface area (Å²) in [5, 5.41) is 14.6. The summed E-state index contributed by atoms with van der Waals surface area (Å²) in [6.07, 6.45) is 0.237. The molecule has 0 radical (unpaired) electrons. The Balaban J connectivity index is 1.49. The fraction of sp³-hybridized carbons (Fsp3) is 0.0909. The lowest BCUT2D eigenvalue weighted by Crippen LogP contribution is -2.25. The number of nitrogens with one attached hydrogen (secondary N) is 1. The Labute approximate surface area is 168 Å². The van der Waals surface area contributed by atoms with Crippen molar-refractivity contribution >= 4 is 23.7 Å². The molecule has 2 N–H and O–H groups in total. The van der Waals surface area contributed by atoms with Crippen molar-refractivity contribution in [2.45, 2.75) is 12.7 Å². The first-order valence-electron chi connectivity index (χ1n) is 8.65. The minimum Gasteiger partial charge on any atom is -0.489 e. The van der Waals surface area contributed by atoms with Crippen molar-refractivity contribution < 1.29 is 14.6 Å². The van der Waals surface area contributed by atoms with E-state index in [4.69, 9.17) is 16.3 Å². The van der Waals surface area contributed by atoms with Gasteiger partial charge in [-0.2, -0.15) is 5.10 Å². The van der Waals surface area contributed by atoms with Gasteiger partial charge in [0.25, 0.3) is 5.91 Å². The van der Waals surface area contributed by atoms with Crippen molar-refractivity contribution in [1.29, 1.82) is 0 Å². The molecule has 0 aliphatic rings. The Morgan fingerprint density at radius 1 is 1.04 bits per heavy atom. The summed E-state index contributed by atoms with van der Waals surface area (Å²) < 4.78 is 5.72. The molecule has 0 aliphatic carbocycles. The highest BCUT2D eigenvalue weighted by molar-refractivity contribution is 6.30. The van der Waals surface area contributed by atoms with Crippen LogP contribution >= 0.6 is 11.6 Å². The zero-order chi connectivity index (χ0) is 19.8. The highest BCUT2D eigenvalue weighted by atomic mass is 35.5. The average Bonchev–Trinajstić information content (AvgIpc) is 2.74. The number of ether oxygens (including phenoxy) is 1. The predicted molar refractivity (Wildman–Crippen MR) is 109 cm³/mol. The van der Waals surface area contributed by atoms with Gasteiger partial charge in [-0.05, 0) is 53.1 Å². The van der Waals surface area contributed by atoms with E-state index < -0.39 is 12.0 Å². The van der Waals surface area contributed by atoms with Crippen LogP contribution in [0.1, 0.15) is 22.8 Å². The molecule has 142 valence electrons. The van der Waals surface area contributed by atoms with Crippen LogP contribution in [0.3, 0.4) is 0 Å². The molecule has 0 bridgehead atoms. The van der Waals surface area contributed by atoms with Crippen LogP contribution in [0.4, 0.5) is 0 Å². The number of aliphatic hydroxyl groups excluding tert-OH is 1. The van der Waals surface area contributed by atoms with E-state index in [9.17, 15) is 9.90 Å². The number of aliphatic hydroxyl groups is 1. The quantitative estimate of drug-likeness (QED) is 0.468. The lowest BCUT2D eigenvalue weighted by molar-refractivity contribution is -0.129. The molecule has 0 aromatic heterocycles. The van der Waals surface area contributed by atoms with E-state index in [2.05, 4.69) is 10.5 Å². The molecule has 28 heavy (non-hydrogen) atoms. The molecule has 3 rings (SSSR count). The number of halogens is 1. The molecule has 0 saturated heterocycles.